The molecule has 0 fully saturated rings. The zero-order chi connectivity index (χ0) is 12.3. The van der Waals surface area contributed by atoms with Crippen molar-refractivity contribution in [1.29, 1.82) is 0 Å². The van der Waals surface area contributed by atoms with Crippen LogP contribution in [0, 0.1) is 5.82 Å². The molecule has 0 atom stereocenters. The van der Waals surface area contributed by atoms with E-state index < -0.39 is 5.82 Å². The fourth-order valence-electron chi connectivity index (χ4n) is 1.14. The third-order valence-electron chi connectivity index (χ3n) is 1.72. The number of halogens is 3. The molecular weight excluding hydrogens is 300 g/mol. The van der Waals surface area contributed by atoms with Crippen molar-refractivity contribution in [1.82, 2.24) is 0 Å². The Balaban J connectivity index is 3.26. The van der Waals surface area contributed by atoms with Gasteiger partial charge in [-0.2, -0.15) is 0 Å². The summed E-state index contributed by atoms with van der Waals surface area (Å²) in [6, 6.07) is 1.10. The highest BCUT2D eigenvalue weighted by Crippen LogP contribution is 2.40. The molecule has 0 bridgehead atoms. The average molecular weight is 311 g/mol. The molecule has 1 amide bonds. The first-order valence-electron chi connectivity index (χ1n) is 4.55. The number of rotatable bonds is 3. The van der Waals surface area contributed by atoms with Crippen LogP contribution in [0.1, 0.15) is 13.8 Å². The van der Waals surface area contributed by atoms with Crippen LogP contribution in [0.5, 0.6) is 5.75 Å². The Bertz CT molecular complexity index is 426. The van der Waals surface area contributed by atoms with Gasteiger partial charge in [0.25, 0.3) is 0 Å². The van der Waals surface area contributed by atoms with Gasteiger partial charge in [0.15, 0.2) is 11.6 Å². The van der Waals surface area contributed by atoms with Gasteiger partial charge in [-0.25, -0.2) is 4.39 Å². The number of anilines is 1. The first-order chi connectivity index (χ1) is 7.47. The molecule has 6 heteroatoms. The third-order valence-corrected chi connectivity index (χ3v) is 2.77. The van der Waals surface area contributed by atoms with Crippen molar-refractivity contribution >= 4 is 39.1 Å². The largest absolute Gasteiger partial charge is 0.490 e. The van der Waals surface area contributed by atoms with E-state index in [0.717, 1.165) is 6.07 Å². The Morgan fingerprint density at radius 3 is 2.81 bits per heavy atom. The molecule has 1 rings (SSSR count). The second-order valence-electron chi connectivity index (χ2n) is 2.97. The first kappa shape index (κ1) is 13.3. The third kappa shape index (κ3) is 2.86. The van der Waals surface area contributed by atoms with Crippen molar-refractivity contribution in [3.8, 4) is 5.75 Å². The summed E-state index contributed by atoms with van der Waals surface area (Å²) in [5, 5.41) is 2.62. The van der Waals surface area contributed by atoms with Gasteiger partial charge in [0.2, 0.25) is 5.91 Å². The maximum Gasteiger partial charge on any atom is 0.221 e. The van der Waals surface area contributed by atoms with Crippen molar-refractivity contribution < 1.29 is 13.9 Å². The van der Waals surface area contributed by atoms with Gasteiger partial charge < -0.3 is 10.1 Å². The summed E-state index contributed by atoms with van der Waals surface area (Å²) in [4.78, 5) is 10.9. The van der Waals surface area contributed by atoms with Crippen LogP contribution >= 0.6 is 27.5 Å². The van der Waals surface area contributed by atoms with Gasteiger partial charge >= 0.3 is 0 Å². The van der Waals surface area contributed by atoms with Gasteiger partial charge in [0.1, 0.15) is 0 Å². The van der Waals surface area contributed by atoms with Crippen LogP contribution in [0.4, 0.5) is 10.1 Å². The molecule has 0 spiro atoms. The van der Waals surface area contributed by atoms with Crippen molar-refractivity contribution in [3.05, 3.63) is 21.4 Å². The second kappa shape index (κ2) is 5.50. The highest BCUT2D eigenvalue weighted by Gasteiger charge is 2.17. The summed E-state index contributed by atoms with van der Waals surface area (Å²) in [6.45, 7) is 3.39. The van der Waals surface area contributed by atoms with Crippen LogP contribution in [-0.4, -0.2) is 12.5 Å². The van der Waals surface area contributed by atoms with Crippen molar-refractivity contribution in [2.75, 3.05) is 11.9 Å². The van der Waals surface area contributed by atoms with E-state index in [1.54, 1.807) is 6.92 Å². The Hall–Kier alpha value is -0.810. The topological polar surface area (TPSA) is 38.3 Å². The van der Waals surface area contributed by atoms with E-state index in [1.165, 1.54) is 6.92 Å². The maximum absolute atomic E-state index is 13.5. The van der Waals surface area contributed by atoms with Crippen molar-refractivity contribution in [2.45, 2.75) is 13.8 Å². The van der Waals surface area contributed by atoms with Crippen molar-refractivity contribution in [3.63, 3.8) is 0 Å². The summed E-state index contributed by atoms with van der Waals surface area (Å²) in [6.07, 6.45) is 0. The number of nitrogens with one attached hydrogen (secondary N) is 1. The molecule has 0 saturated heterocycles. The summed E-state index contributed by atoms with van der Waals surface area (Å²) in [5.74, 6) is -0.833. The maximum atomic E-state index is 13.5. The van der Waals surface area contributed by atoms with E-state index >= 15 is 0 Å². The highest BCUT2D eigenvalue weighted by molar-refractivity contribution is 9.10. The van der Waals surface area contributed by atoms with Gasteiger partial charge in [-0.05, 0) is 28.9 Å². The summed E-state index contributed by atoms with van der Waals surface area (Å²) in [7, 11) is 0. The molecule has 88 valence electrons. The molecule has 16 heavy (non-hydrogen) atoms. The lowest BCUT2D eigenvalue weighted by molar-refractivity contribution is -0.114. The van der Waals surface area contributed by atoms with E-state index in [4.69, 9.17) is 16.3 Å². The van der Waals surface area contributed by atoms with Gasteiger partial charge in [-0.1, -0.05) is 11.6 Å². The lowest BCUT2D eigenvalue weighted by Crippen LogP contribution is -2.08. The average Bonchev–Trinajstić information content (AvgIpc) is 2.19. The molecule has 0 saturated carbocycles. The minimum Gasteiger partial charge on any atom is -0.490 e. The number of hydrogen-bond donors (Lipinski definition) is 1. The van der Waals surface area contributed by atoms with E-state index in [0.29, 0.717) is 16.8 Å². The molecule has 0 aliphatic rings. The molecule has 0 aliphatic carbocycles. The first-order valence-corrected chi connectivity index (χ1v) is 5.72. The fraction of sp³-hybridized carbons (Fsp3) is 0.300. The molecule has 0 aliphatic heterocycles. The van der Waals surface area contributed by atoms with Crippen LogP contribution in [0.2, 0.25) is 5.02 Å². The quantitative estimate of drug-likeness (QED) is 0.926. The number of hydrogen-bond acceptors (Lipinski definition) is 2. The predicted octanol–water partition coefficient (Wildman–Crippen LogP) is 3.60. The standard InChI is InChI=1S/C10H10BrClFNO2/c1-3-16-10-7(13)4-6(12)9(8(10)11)14-5(2)15/h4H,3H2,1-2H3,(H,14,15). The van der Waals surface area contributed by atoms with Crippen LogP contribution < -0.4 is 10.1 Å². The molecule has 0 unspecified atom stereocenters. The molecule has 1 N–H and O–H groups in total. The molecule has 1 aromatic rings. The lowest BCUT2D eigenvalue weighted by Gasteiger charge is -2.13. The van der Waals surface area contributed by atoms with E-state index in [2.05, 4.69) is 21.2 Å². The molecule has 0 radical (unpaired) electrons. The lowest BCUT2D eigenvalue weighted by atomic mass is 10.3. The smallest absolute Gasteiger partial charge is 0.221 e. The summed E-state index contributed by atoms with van der Waals surface area (Å²) in [5.41, 5.74) is 0.305. The Morgan fingerprint density at radius 1 is 1.69 bits per heavy atom. The van der Waals surface area contributed by atoms with Gasteiger partial charge in [0, 0.05) is 6.92 Å². The summed E-state index contributed by atoms with van der Waals surface area (Å²) >= 11 is 8.96. The fourth-order valence-corrected chi connectivity index (χ4v) is 2.11. The van der Waals surface area contributed by atoms with E-state index in [-0.39, 0.29) is 16.7 Å². The summed E-state index contributed by atoms with van der Waals surface area (Å²) < 4.78 is 18.9. The number of benzene rings is 1. The molecule has 1 aromatic carbocycles. The van der Waals surface area contributed by atoms with Gasteiger partial charge in [-0.3, -0.25) is 4.79 Å². The minimum atomic E-state index is -0.576. The SMILES string of the molecule is CCOc1c(F)cc(Cl)c(NC(C)=O)c1Br. The second-order valence-corrected chi connectivity index (χ2v) is 4.17. The van der Waals surface area contributed by atoms with Crippen molar-refractivity contribution in [2.24, 2.45) is 0 Å². The Morgan fingerprint density at radius 2 is 2.31 bits per heavy atom. The van der Waals surface area contributed by atoms with E-state index in [1.807, 2.05) is 0 Å². The number of carbonyl (C=O) groups excluding carboxylic acids is 1. The zero-order valence-electron chi connectivity index (χ0n) is 8.73. The number of carbonyl (C=O) groups is 1. The molecule has 3 nitrogen and oxygen atoms in total. The molecular formula is C10H10BrClFNO2. The van der Waals surface area contributed by atoms with Crippen LogP contribution in [0.25, 0.3) is 0 Å². The van der Waals surface area contributed by atoms with Crippen LogP contribution in [0.3, 0.4) is 0 Å². The molecule has 0 aromatic heterocycles. The molecule has 0 heterocycles. The van der Waals surface area contributed by atoms with Crippen LogP contribution in [0.15, 0.2) is 10.5 Å². The van der Waals surface area contributed by atoms with E-state index in [9.17, 15) is 9.18 Å². The Labute approximate surface area is 106 Å². The van der Waals surface area contributed by atoms with Crippen LogP contribution in [-0.2, 0) is 4.79 Å². The highest BCUT2D eigenvalue weighted by atomic mass is 79.9. The number of ether oxygens (including phenoxy) is 1. The monoisotopic (exact) mass is 309 g/mol. The zero-order valence-corrected chi connectivity index (χ0v) is 11.1. The normalized spacial score (nSPS) is 10.1. The Kier molecular flexibility index (Phi) is 4.56. The minimum absolute atomic E-state index is 0.0376. The number of amides is 1. The van der Waals surface area contributed by atoms with Gasteiger partial charge in [-0.15, -0.1) is 0 Å². The van der Waals surface area contributed by atoms with Gasteiger partial charge in [0.05, 0.1) is 21.8 Å². The predicted molar refractivity (Wildman–Crippen MR) is 64.6 cm³/mol.